The summed E-state index contributed by atoms with van der Waals surface area (Å²) >= 11 is 0. The molecule has 1 aromatic rings. The SMILES string of the molecule is COC1(C)CCNC(c2ccc(C#N)cc2)C1. The fraction of sp³-hybridized carbons (Fsp3) is 0.500. The van der Waals surface area contributed by atoms with E-state index in [1.54, 1.807) is 7.11 Å². The Hall–Kier alpha value is -1.37. The largest absolute Gasteiger partial charge is 0.378 e. The number of methoxy groups -OCH3 is 1. The number of ether oxygens (including phenoxy) is 1. The first-order chi connectivity index (χ1) is 8.17. The van der Waals surface area contributed by atoms with Crippen LogP contribution in [-0.4, -0.2) is 19.3 Å². The van der Waals surface area contributed by atoms with Crippen molar-refractivity contribution in [3.8, 4) is 6.07 Å². The van der Waals surface area contributed by atoms with Gasteiger partial charge in [0.1, 0.15) is 0 Å². The average molecular weight is 230 g/mol. The van der Waals surface area contributed by atoms with Gasteiger partial charge in [0, 0.05) is 13.2 Å². The number of rotatable bonds is 2. The fourth-order valence-corrected chi connectivity index (χ4v) is 2.33. The van der Waals surface area contributed by atoms with Gasteiger partial charge in [-0.15, -0.1) is 0 Å². The fourth-order valence-electron chi connectivity index (χ4n) is 2.33. The number of hydrogen-bond donors (Lipinski definition) is 1. The lowest BCUT2D eigenvalue weighted by Crippen LogP contribution is -2.42. The van der Waals surface area contributed by atoms with Crippen molar-refractivity contribution in [2.45, 2.75) is 31.4 Å². The molecule has 3 nitrogen and oxygen atoms in total. The van der Waals surface area contributed by atoms with E-state index >= 15 is 0 Å². The molecule has 2 rings (SSSR count). The van der Waals surface area contributed by atoms with Crippen LogP contribution in [0.4, 0.5) is 0 Å². The molecule has 1 aromatic carbocycles. The predicted octanol–water partition coefficient (Wildman–Crippen LogP) is 2.39. The summed E-state index contributed by atoms with van der Waals surface area (Å²) in [6.07, 6.45) is 2.01. The summed E-state index contributed by atoms with van der Waals surface area (Å²) in [5.41, 5.74) is 1.90. The highest BCUT2D eigenvalue weighted by Crippen LogP contribution is 2.32. The van der Waals surface area contributed by atoms with E-state index in [4.69, 9.17) is 10.00 Å². The van der Waals surface area contributed by atoms with Gasteiger partial charge in [-0.25, -0.2) is 0 Å². The topological polar surface area (TPSA) is 45.0 Å². The zero-order chi connectivity index (χ0) is 12.3. The maximum Gasteiger partial charge on any atom is 0.0991 e. The third-order valence-electron chi connectivity index (χ3n) is 3.62. The third kappa shape index (κ3) is 2.66. The van der Waals surface area contributed by atoms with Gasteiger partial charge in [0.05, 0.1) is 17.2 Å². The van der Waals surface area contributed by atoms with E-state index in [1.807, 2.05) is 24.3 Å². The van der Waals surface area contributed by atoms with E-state index in [9.17, 15) is 0 Å². The number of piperidine rings is 1. The Bertz CT molecular complexity index is 421. The van der Waals surface area contributed by atoms with Gasteiger partial charge in [-0.2, -0.15) is 5.26 Å². The van der Waals surface area contributed by atoms with E-state index in [2.05, 4.69) is 18.3 Å². The highest BCUT2D eigenvalue weighted by molar-refractivity contribution is 5.33. The summed E-state index contributed by atoms with van der Waals surface area (Å²) in [6.45, 7) is 3.12. The van der Waals surface area contributed by atoms with E-state index < -0.39 is 0 Å². The molecule has 1 N–H and O–H groups in total. The molecule has 1 heterocycles. The molecule has 2 unspecified atom stereocenters. The van der Waals surface area contributed by atoms with Crippen LogP contribution in [0.1, 0.15) is 36.9 Å². The Morgan fingerprint density at radius 3 is 2.71 bits per heavy atom. The van der Waals surface area contributed by atoms with Crippen molar-refractivity contribution in [2.75, 3.05) is 13.7 Å². The van der Waals surface area contributed by atoms with Crippen LogP contribution in [-0.2, 0) is 4.74 Å². The highest BCUT2D eigenvalue weighted by Gasteiger charge is 2.32. The monoisotopic (exact) mass is 230 g/mol. The van der Waals surface area contributed by atoms with Crippen molar-refractivity contribution in [3.05, 3.63) is 35.4 Å². The molecule has 1 saturated heterocycles. The Morgan fingerprint density at radius 1 is 1.41 bits per heavy atom. The normalized spacial score (nSPS) is 28.6. The summed E-state index contributed by atoms with van der Waals surface area (Å²) in [5, 5.41) is 12.3. The molecule has 3 heteroatoms. The van der Waals surface area contributed by atoms with Gasteiger partial charge < -0.3 is 10.1 Å². The molecule has 2 atom stereocenters. The minimum absolute atomic E-state index is 0.0379. The second-order valence-electron chi connectivity index (χ2n) is 4.85. The maximum atomic E-state index is 8.77. The van der Waals surface area contributed by atoms with Crippen LogP contribution in [0.25, 0.3) is 0 Å². The smallest absolute Gasteiger partial charge is 0.0991 e. The van der Waals surface area contributed by atoms with Gasteiger partial charge in [0.2, 0.25) is 0 Å². The van der Waals surface area contributed by atoms with Gasteiger partial charge in [-0.05, 0) is 44.0 Å². The predicted molar refractivity (Wildman–Crippen MR) is 66.5 cm³/mol. The van der Waals surface area contributed by atoms with E-state index in [0.29, 0.717) is 11.6 Å². The molecule has 17 heavy (non-hydrogen) atoms. The van der Waals surface area contributed by atoms with Crippen LogP contribution in [0.2, 0.25) is 0 Å². The number of nitriles is 1. The Labute approximate surface area is 102 Å². The summed E-state index contributed by atoms with van der Waals surface area (Å²) in [5.74, 6) is 0. The standard InChI is InChI=1S/C14H18N2O/c1-14(17-2)7-8-16-13(9-14)12-5-3-11(10-15)4-6-12/h3-6,13,16H,7-9H2,1-2H3. The summed E-state index contributed by atoms with van der Waals surface area (Å²) in [7, 11) is 1.78. The molecule has 0 spiro atoms. The first kappa shape index (κ1) is 12.1. The van der Waals surface area contributed by atoms with Crippen molar-refractivity contribution >= 4 is 0 Å². The van der Waals surface area contributed by atoms with Gasteiger partial charge in [-0.3, -0.25) is 0 Å². The molecule has 0 bridgehead atoms. The van der Waals surface area contributed by atoms with Gasteiger partial charge in [0.15, 0.2) is 0 Å². The van der Waals surface area contributed by atoms with Gasteiger partial charge in [0.25, 0.3) is 0 Å². The van der Waals surface area contributed by atoms with Crippen molar-refractivity contribution < 1.29 is 4.74 Å². The molecule has 1 aliphatic heterocycles. The summed E-state index contributed by atoms with van der Waals surface area (Å²) < 4.78 is 5.58. The quantitative estimate of drug-likeness (QED) is 0.848. The second kappa shape index (κ2) is 4.87. The first-order valence-corrected chi connectivity index (χ1v) is 5.95. The molecule has 0 saturated carbocycles. The van der Waals surface area contributed by atoms with Crippen molar-refractivity contribution in [1.82, 2.24) is 5.32 Å². The molecule has 0 amide bonds. The van der Waals surface area contributed by atoms with E-state index in [0.717, 1.165) is 19.4 Å². The van der Waals surface area contributed by atoms with Gasteiger partial charge >= 0.3 is 0 Å². The molecule has 0 aliphatic carbocycles. The average Bonchev–Trinajstić information content (AvgIpc) is 2.39. The van der Waals surface area contributed by atoms with Crippen molar-refractivity contribution in [1.29, 1.82) is 5.26 Å². The zero-order valence-corrected chi connectivity index (χ0v) is 10.4. The minimum atomic E-state index is -0.0379. The molecular weight excluding hydrogens is 212 g/mol. The summed E-state index contributed by atoms with van der Waals surface area (Å²) in [4.78, 5) is 0. The maximum absolute atomic E-state index is 8.77. The lowest BCUT2D eigenvalue weighted by molar-refractivity contribution is -0.0300. The summed E-state index contributed by atoms with van der Waals surface area (Å²) in [6, 6.07) is 10.3. The van der Waals surface area contributed by atoms with Crippen LogP contribution in [0.15, 0.2) is 24.3 Å². The van der Waals surface area contributed by atoms with Crippen LogP contribution < -0.4 is 5.32 Å². The molecule has 0 radical (unpaired) electrons. The molecule has 1 aliphatic rings. The zero-order valence-electron chi connectivity index (χ0n) is 10.4. The number of benzene rings is 1. The van der Waals surface area contributed by atoms with Crippen molar-refractivity contribution in [3.63, 3.8) is 0 Å². The molecule has 0 aromatic heterocycles. The Balaban J connectivity index is 2.14. The Kier molecular flexibility index (Phi) is 3.46. The Morgan fingerprint density at radius 2 is 2.12 bits per heavy atom. The number of hydrogen-bond acceptors (Lipinski definition) is 3. The first-order valence-electron chi connectivity index (χ1n) is 5.95. The van der Waals surface area contributed by atoms with Crippen LogP contribution in [0.3, 0.4) is 0 Å². The highest BCUT2D eigenvalue weighted by atomic mass is 16.5. The lowest BCUT2D eigenvalue weighted by atomic mass is 9.86. The second-order valence-corrected chi connectivity index (χ2v) is 4.85. The van der Waals surface area contributed by atoms with Gasteiger partial charge in [-0.1, -0.05) is 12.1 Å². The molecular formula is C14H18N2O. The van der Waals surface area contributed by atoms with Crippen molar-refractivity contribution in [2.24, 2.45) is 0 Å². The number of nitrogens with zero attached hydrogens (tertiary/aromatic N) is 1. The molecule has 90 valence electrons. The van der Waals surface area contributed by atoms with Crippen LogP contribution in [0.5, 0.6) is 0 Å². The minimum Gasteiger partial charge on any atom is -0.378 e. The van der Waals surface area contributed by atoms with E-state index in [-0.39, 0.29) is 5.60 Å². The lowest BCUT2D eigenvalue weighted by Gasteiger charge is -2.38. The van der Waals surface area contributed by atoms with Crippen LogP contribution in [0, 0.1) is 11.3 Å². The number of nitrogens with one attached hydrogen (secondary N) is 1. The van der Waals surface area contributed by atoms with Crippen LogP contribution >= 0.6 is 0 Å². The molecule has 1 fully saturated rings. The van der Waals surface area contributed by atoms with E-state index in [1.165, 1.54) is 5.56 Å². The third-order valence-corrected chi connectivity index (χ3v) is 3.62.